The number of halogens is 2. The van der Waals surface area contributed by atoms with Crippen molar-refractivity contribution in [2.75, 3.05) is 29.4 Å². The topological polar surface area (TPSA) is 66.5 Å². The third-order valence-electron chi connectivity index (χ3n) is 3.75. The summed E-state index contributed by atoms with van der Waals surface area (Å²) in [5.41, 5.74) is 0.993. The molecule has 2 rings (SSSR count). The lowest BCUT2D eigenvalue weighted by Gasteiger charge is -2.22. The number of nitrogens with one attached hydrogen (secondary N) is 1. The van der Waals surface area contributed by atoms with Crippen molar-refractivity contribution in [3.05, 3.63) is 64.9 Å². The zero-order chi connectivity index (χ0) is 20.6. The molecular formula is C19H22ClFN2O3S2. The molecule has 0 radical (unpaired) electrons. The van der Waals surface area contributed by atoms with Gasteiger partial charge in [0.05, 0.1) is 11.9 Å². The lowest BCUT2D eigenvalue weighted by atomic mass is 10.2. The van der Waals surface area contributed by atoms with E-state index in [1.54, 1.807) is 11.8 Å². The molecule has 152 valence electrons. The Bertz CT molecular complexity index is 910. The molecule has 9 heteroatoms. The van der Waals surface area contributed by atoms with Crippen LogP contribution in [0.25, 0.3) is 0 Å². The summed E-state index contributed by atoms with van der Waals surface area (Å²) in [6.07, 6.45) is 1.68. The third kappa shape index (κ3) is 7.33. The highest BCUT2D eigenvalue weighted by molar-refractivity contribution is 7.98. The van der Waals surface area contributed by atoms with Gasteiger partial charge in [0.2, 0.25) is 15.9 Å². The number of carbonyl (C=O) groups excluding carboxylic acids is 1. The molecule has 0 aromatic heterocycles. The molecule has 1 amide bonds. The summed E-state index contributed by atoms with van der Waals surface area (Å²) >= 11 is 7.66. The second kappa shape index (κ2) is 10.7. The van der Waals surface area contributed by atoms with Crippen molar-refractivity contribution < 1.29 is 17.6 Å². The molecule has 0 atom stereocenters. The van der Waals surface area contributed by atoms with Crippen molar-refractivity contribution in [2.45, 2.75) is 12.2 Å². The first-order valence-corrected chi connectivity index (χ1v) is 12.0. The molecule has 0 fully saturated rings. The predicted molar refractivity (Wildman–Crippen MR) is 114 cm³/mol. The summed E-state index contributed by atoms with van der Waals surface area (Å²) in [4.78, 5) is 12.1. The van der Waals surface area contributed by atoms with Crippen molar-refractivity contribution in [1.82, 2.24) is 5.32 Å². The first-order chi connectivity index (χ1) is 13.3. The molecule has 2 aromatic rings. The molecule has 0 unspecified atom stereocenters. The van der Waals surface area contributed by atoms with E-state index in [0.29, 0.717) is 11.6 Å². The van der Waals surface area contributed by atoms with Gasteiger partial charge in [0, 0.05) is 17.3 Å². The first-order valence-electron chi connectivity index (χ1n) is 8.58. The number of hydrogen-bond donors (Lipinski definition) is 1. The molecule has 0 aliphatic heterocycles. The Hall–Kier alpha value is -1.77. The van der Waals surface area contributed by atoms with Gasteiger partial charge in [-0.1, -0.05) is 35.9 Å². The Balaban J connectivity index is 1.76. The fraction of sp³-hybridized carbons (Fsp3) is 0.316. The van der Waals surface area contributed by atoms with Crippen LogP contribution in [0.4, 0.5) is 10.1 Å². The highest BCUT2D eigenvalue weighted by atomic mass is 35.5. The highest BCUT2D eigenvalue weighted by Crippen LogP contribution is 2.21. The number of para-hydroxylation sites is 1. The van der Waals surface area contributed by atoms with Crippen LogP contribution in [0.5, 0.6) is 0 Å². The number of anilines is 1. The molecule has 5 nitrogen and oxygen atoms in total. The van der Waals surface area contributed by atoms with E-state index in [0.717, 1.165) is 40.1 Å². The number of carbonyl (C=O) groups is 1. The quantitative estimate of drug-likeness (QED) is 0.567. The zero-order valence-electron chi connectivity index (χ0n) is 15.4. The van der Waals surface area contributed by atoms with E-state index in [4.69, 9.17) is 11.6 Å². The van der Waals surface area contributed by atoms with E-state index < -0.39 is 28.3 Å². The average molecular weight is 445 g/mol. The monoisotopic (exact) mass is 444 g/mol. The minimum absolute atomic E-state index is 0.141. The smallest absolute Gasteiger partial charge is 0.240 e. The summed E-state index contributed by atoms with van der Waals surface area (Å²) in [7, 11) is -3.79. The number of hydrogen-bond acceptors (Lipinski definition) is 4. The van der Waals surface area contributed by atoms with Crippen LogP contribution in [0.1, 0.15) is 12.0 Å². The Morgan fingerprint density at radius 1 is 1.21 bits per heavy atom. The van der Waals surface area contributed by atoms with Gasteiger partial charge in [-0.15, -0.1) is 0 Å². The first kappa shape index (κ1) is 22.5. The van der Waals surface area contributed by atoms with Crippen LogP contribution in [0, 0.1) is 5.82 Å². The van der Waals surface area contributed by atoms with Crippen LogP contribution in [-0.4, -0.2) is 39.4 Å². The minimum Gasteiger partial charge on any atom is -0.354 e. The fourth-order valence-electron chi connectivity index (χ4n) is 2.44. The van der Waals surface area contributed by atoms with Gasteiger partial charge < -0.3 is 5.32 Å². The van der Waals surface area contributed by atoms with E-state index in [1.807, 2.05) is 24.3 Å². The maximum absolute atomic E-state index is 13.9. The van der Waals surface area contributed by atoms with Crippen molar-refractivity contribution in [3.8, 4) is 0 Å². The van der Waals surface area contributed by atoms with Gasteiger partial charge in [0.15, 0.2) is 0 Å². The van der Waals surface area contributed by atoms with E-state index in [1.165, 1.54) is 18.2 Å². The second-order valence-corrected chi connectivity index (χ2v) is 9.56. The summed E-state index contributed by atoms with van der Waals surface area (Å²) in [6.45, 7) is -0.0499. The van der Waals surface area contributed by atoms with Crippen LogP contribution in [0.2, 0.25) is 5.02 Å². The summed E-state index contributed by atoms with van der Waals surface area (Å²) < 4.78 is 38.6. The molecular weight excluding hydrogens is 423 g/mol. The number of amides is 1. The van der Waals surface area contributed by atoms with Gasteiger partial charge in [0.25, 0.3) is 0 Å². The lowest BCUT2D eigenvalue weighted by Crippen LogP contribution is -2.41. The van der Waals surface area contributed by atoms with E-state index in [-0.39, 0.29) is 5.69 Å². The van der Waals surface area contributed by atoms with Crippen LogP contribution < -0.4 is 9.62 Å². The normalized spacial score (nSPS) is 11.2. The Kier molecular flexibility index (Phi) is 8.59. The maximum atomic E-state index is 13.9. The van der Waals surface area contributed by atoms with Crippen molar-refractivity contribution >= 4 is 45.0 Å². The SMILES string of the molecule is CS(=O)(=O)N(CC(=O)NCCCSCc1cccc(Cl)c1)c1ccccc1F. The summed E-state index contributed by atoms with van der Waals surface area (Å²) in [6, 6.07) is 13.1. The van der Waals surface area contributed by atoms with Crippen LogP contribution in [0.15, 0.2) is 48.5 Å². The number of rotatable bonds is 10. The van der Waals surface area contributed by atoms with Crippen LogP contribution in [0.3, 0.4) is 0 Å². The molecule has 28 heavy (non-hydrogen) atoms. The highest BCUT2D eigenvalue weighted by Gasteiger charge is 2.23. The second-order valence-electron chi connectivity index (χ2n) is 6.11. The molecule has 0 heterocycles. The van der Waals surface area contributed by atoms with E-state index in [2.05, 4.69) is 5.32 Å². The van der Waals surface area contributed by atoms with E-state index in [9.17, 15) is 17.6 Å². The van der Waals surface area contributed by atoms with Gasteiger partial charge in [-0.2, -0.15) is 11.8 Å². The van der Waals surface area contributed by atoms with Gasteiger partial charge in [0.1, 0.15) is 12.4 Å². The van der Waals surface area contributed by atoms with Gasteiger partial charge >= 0.3 is 0 Å². The Morgan fingerprint density at radius 2 is 1.96 bits per heavy atom. The van der Waals surface area contributed by atoms with Crippen molar-refractivity contribution in [2.24, 2.45) is 0 Å². The largest absolute Gasteiger partial charge is 0.354 e. The van der Waals surface area contributed by atoms with E-state index >= 15 is 0 Å². The molecule has 2 aromatic carbocycles. The maximum Gasteiger partial charge on any atom is 0.240 e. The molecule has 0 bridgehead atoms. The number of benzene rings is 2. The molecule has 1 N–H and O–H groups in total. The Morgan fingerprint density at radius 3 is 2.64 bits per heavy atom. The molecule has 0 aliphatic rings. The predicted octanol–water partition coefficient (Wildman–Crippen LogP) is 3.68. The summed E-state index contributed by atoms with van der Waals surface area (Å²) in [5.74, 6) is 0.478. The average Bonchev–Trinajstić information content (AvgIpc) is 2.62. The Labute approximate surface area is 174 Å². The number of nitrogens with zero attached hydrogens (tertiary/aromatic N) is 1. The molecule has 0 aliphatic carbocycles. The van der Waals surface area contributed by atoms with Gasteiger partial charge in [-0.3, -0.25) is 9.10 Å². The van der Waals surface area contributed by atoms with Crippen molar-refractivity contribution in [1.29, 1.82) is 0 Å². The van der Waals surface area contributed by atoms with Gasteiger partial charge in [-0.25, -0.2) is 12.8 Å². The van der Waals surface area contributed by atoms with Gasteiger partial charge in [-0.05, 0) is 42.0 Å². The lowest BCUT2D eigenvalue weighted by molar-refractivity contribution is -0.119. The number of sulfonamides is 1. The summed E-state index contributed by atoms with van der Waals surface area (Å²) in [5, 5.41) is 3.38. The zero-order valence-corrected chi connectivity index (χ0v) is 17.8. The third-order valence-corrected chi connectivity index (χ3v) is 6.23. The van der Waals surface area contributed by atoms with Crippen molar-refractivity contribution in [3.63, 3.8) is 0 Å². The molecule has 0 saturated heterocycles. The van der Waals surface area contributed by atoms with Crippen LogP contribution >= 0.6 is 23.4 Å². The minimum atomic E-state index is -3.79. The molecule has 0 spiro atoms. The fourth-order valence-corrected chi connectivity index (χ4v) is 4.42. The number of thioether (sulfide) groups is 1. The molecule has 0 saturated carbocycles. The standard InChI is InChI=1S/C19H22ClFN2O3S2/c1-28(25,26)23(18-9-3-2-8-17(18)21)13-19(24)22-10-5-11-27-14-15-6-4-7-16(20)12-15/h2-4,6-9,12H,5,10-11,13-14H2,1H3,(H,22,24). The van der Waals surface area contributed by atoms with Crippen LogP contribution in [-0.2, 0) is 20.6 Å².